The van der Waals surface area contributed by atoms with Crippen LogP contribution in [0, 0.1) is 5.82 Å². The van der Waals surface area contributed by atoms with Gasteiger partial charge in [0.1, 0.15) is 0 Å². The van der Waals surface area contributed by atoms with E-state index in [1.807, 2.05) is 0 Å². The summed E-state index contributed by atoms with van der Waals surface area (Å²) in [7, 11) is 3.16. The molecule has 2 heterocycles. The van der Waals surface area contributed by atoms with Crippen molar-refractivity contribution in [2.24, 2.45) is 0 Å². The van der Waals surface area contributed by atoms with Crippen LogP contribution in [0.25, 0.3) is 0 Å². The van der Waals surface area contributed by atoms with E-state index in [4.69, 9.17) is 10.5 Å². The van der Waals surface area contributed by atoms with Crippen molar-refractivity contribution in [1.29, 1.82) is 0 Å². The minimum absolute atomic E-state index is 0.104. The maximum absolute atomic E-state index is 13.9. The van der Waals surface area contributed by atoms with Crippen molar-refractivity contribution in [2.45, 2.75) is 18.9 Å². The lowest BCUT2D eigenvalue weighted by molar-refractivity contribution is 0.386. The van der Waals surface area contributed by atoms with Gasteiger partial charge in [-0.25, -0.2) is 4.39 Å². The summed E-state index contributed by atoms with van der Waals surface area (Å²) in [6.45, 7) is 1.74. The van der Waals surface area contributed by atoms with Gasteiger partial charge >= 0.3 is 0 Å². The molecule has 3 rings (SSSR count). The van der Waals surface area contributed by atoms with Crippen molar-refractivity contribution >= 4 is 23.5 Å². The van der Waals surface area contributed by atoms with E-state index < -0.39 is 5.82 Å². The molecule has 1 aliphatic heterocycles. The van der Waals surface area contributed by atoms with Gasteiger partial charge in [0.15, 0.2) is 11.6 Å². The Labute approximate surface area is 145 Å². The molecule has 134 valence electrons. The van der Waals surface area contributed by atoms with Crippen LogP contribution in [0.3, 0.4) is 0 Å². The zero-order valence-corrected chi connectivity index (χ0v) is 14.3. The molecule has 1 atom stereocenters. The van der Waals surface area contributed by atoms with Crippen molar-refractivity contribution in [3.8, 4) is 5.75 Å². The quantitative estimate of drug-likeness (QED) is 0.723. The van der Waals surface area contributed by atoms with Crippen molar-refractivity contribution in [3.05, 3.63) is 24.0 Å². The van der Waals surface area contributed by atoms with Crippen LogP contribution in [-0.2, 0) is 0 Å². The molecule has 1 aliphatic rings. The lowest BCUT2D eigenvalue weighted by atomic mass is 10.2. The number of benzene rings is 1. The highest BCUT2D eigenvalue weighted by atomic mass is 19.1. The van der Waals surface area contributed by atoms with Gasteiger partial charge in [-0.05, 0) is 31.5 Å². The molecule has 9 heteroatoms. The molecule has 0 radical (unpaired) electrons. The summed E-state index contributed by atoms with van der Waals surface area (Å²) < 4.78 is 18.9. The number of ether oxygens (including phenoxy) is 1. The third kappa shape index (κ3) is 4.05. The molecule has 0 amide bonds. The number of anilines is 4. The average molecular weight is 347 g/mol. The van der Waals surface area contributed by atoms with Crippen LogP contribution in [-0.4, -0.2) is 48.2 Å². The van der Waals surface area contributed by atoms with Crippen LogP contribution in [0.2, 0.25) is 0 Å². The molecule has 0 bridgehead atoms. The molecule has 1 aromatic heterocycles. The van der Waals surface area contributed by atoms with E-state index in [2.05, 4.69) is 25.6 Å². The van der Waals surface area contributed by atoms with Gasteiger partial charge in [-0.3, -0.25) is 0 Å². The van der Waals surface area contributed by atoms with Crippen LogP contribution in [0.15, 0.2) is 18.2 Å². The third-order valence-electron chi connectivity index (χ3n) is 4.13. The summed E-state index contributed by atoms with van der Waals surface area (Å²) >= 11 is 0. The van der Waals surface area contributed by atoms with Crippen LogP contribution < -0.4 is 26.0 Å². The molecule has 0 spiro atoms. The van der Waals surface area contributed by atoms with Gasteiger partial charge in [0.05, 0.1) is 7.11 Å². The van der Waals surface area contributed by atoms with Crippen LogP contribution in [0.5, 0.6) is 5.75 Å². The Morgan fingerprint density at radius 2 is 2.24 bits per heavy atom. The van der Waals surface area contributed by atoms with E-state index in [9.17, 15) is 4.39 Å². The van der Waals surface area contributed by atoms with E-state index in [0.717, 1.165) is 13.0 Å². The molecule has 0 saturated carbocycles. The van der Waals surface area contributed by atoms with Crippen LogP contribution in [0.4, 0.5) is 27.9 Å². The Kier molecular flexibility index (Phi) is 5.13. The zero-order valence-electron chi connectivity index (χ0n) is 14.3. The summed E-state index contributed by atoms with van der Waals surface area (Å²) in [5.74, 6) is 0.557. The zero-order chi connectivity index (χ0) is 17.8. The van der Waals surface area contributed by atoms with Crippen molar-refractivity contribution in [1.82, 2.24) is 20.3 Å². The highest BCUT2D eigenvalue weighted by Crippen LogP contribution is 2.26. The lowest BCUT2D eigenvalue weighted by Gasteiger charge is -2.19. The Balaban J connectivity index is 1.77. The van der Waals surface area contributed by atoms with Crippen molar-refractivity contribution in [3.63, 3.8) is 0 Å². The van der Waals surface area contributed by atoms with E-state index in [1.165, 1.54) is 19.6 Å². The number of nitrogens with zero attached hydrogens (tertiary/aromatic N) is 4. The number of aromatic nitrogens is 3. The van der Waals surface area contributed by atoms with Gasteiger partial charge in [0.2, 0.25) is 17.8 Å². The number of halogens is 1. The standard InChI is InChI=1S/C16H22FN7O/c1-24(11-5-6-13(25-2)12(17)8-11)16-22-14(18)21-15(23-16)20-9-10-4-3-7-19-10/h5-6,8,10,19H,3-4,7,9H2,1-2H3,(H3,18,20,21,22,23). The predicted molar refractivity (Wildman–Crippen MR) is 94.8 cm³/mol. The number of methoxy groups -OCH3 is 1. The third-order valence-corrected chi connectivity index (χ3v) is 4.13. The molecule has 1 saturated heterocycles. The van der Waals surface area contributed by atoms with E-state index in [1.54, 1.807) is 24.1 Å². The number of hydrogen-bond acceptors (Lipinski definition) is 8. The summed E-state index contributed by atoms with van der Waals surface area (Å²) in [6.07, 6.45) is 2.29. The van der Waals surface area contributed by atoms with Gasteiger partial charge in [-0.1, -0.05) is 0 Å². The highest BCUT2D eigenvalue weighted by molar-refractivity contribution is 5.59. The number of rotatable bonds is 6. The SMILES string of the molecule is COc1ccc(N(C)c2nc(N)nc(NCC3CCCN3)n2)cc1F. The topological polar surface area (TPSA) is 101 Å². The molecule has 0 aliphatic carbocycles. The molecule has 4 N–H and O–H groups in total. The number of nitrogen functional groups attached to an aromatic ring is 1. The second kappa shape index (κ2) is 7.47. The van der Waals surface area contributed by atoms with Gasteiger partial charge in [0.25, 0.3) is 0 Å². The first-order chi connectivity index (χ1) is 12.1. The fraction of sp³-hybridized carbons (Fsp3) is 0.438. The molecule has 1 aromatic carbocycles. The first-order valence-corrected chi connectivity index (χ1v) is 8.13. The maximum atomic E-state index is 13.9. The Bertz CT molecular complexity index is 736. The number of nitrogens with two attached hydrogens (primary N) is 1. The normalized spacial score (nSPS) is 16.7. The van der Waals surface area contributed by atoms with Gasteiger partial charge in [0, 0.05) is 31.4 Å². The summed E-state index contributed by atoms with van der Waals surface area (Å²) in [5.41, 5.74) is 6.37. The van der Waals surface area contributed by atoms with Crippen LogP contribution >= 0.6 is 0 Å². The number of nitrogens with one attached hydrogen (secondary N) is 2. The minimum Gasteiger partial charge on any atom is -0.494 e. The van der Waals surface area contributed by atoms with Gasteiger partial charge < -0.3 is 26.0 Å². The van der Waals surface area contributed by atoms with Gasteiger partial charge in [-0.2, -0.15) is 15.0 Å². The fourth-order valence-corrected chi connectivity index (χ4v) is 2.73. The fourth-order valence-electron chi connectivity index (χ4n) is 2.73. The van der Waals surface area contributed by atoms with E-state index in [-0.39, 0.29) is 11.7 Å². The van der Waals surface area contributed by atoms with Crippen molar-refractivity contribution < 1.29 is 9.13 Å². The first-order valence-electron chi connectivity index (χ1n) is 8.13. The maximum Gasteiger partial charge on any atom is 0.236 e. The highest BCUT2D eigenvalue weighted by Gasteiger charge is 2.16. The Hall–Kier alpha value is -2.68. The summed E-state index contributed by atoms with van der Waals surface area (Å²) in [6, 6.07) is 5.03. The molecular weight excluding hydrogens is 325 g/mol. The molecule has 2 aromatic rings. The van der Waals surface area contributed by atoms with Crippen molar-refractivity contribution in [2.75, 3.05) is 43.2 Å². The molecule has 25 heavy (non-hydrogen) atoms. The van der Waals surface area contributed by atoms with Gasteiger partial charge in [-0.15, -0.1) is 0 Å². The van der Waals surface area contributed by atoms with Crippen LogP contribution in [0.1, 0.15) is 12.8 Å². The smallest absolute Gasteiger partial charge is 0.236 e. The minimum atomic E-state index is -0.459. The Morgan fingerprint density at radius 3 is 2.92 bits per heavy atom. The monoisotopic (exact) mass is 347 g/mol. The number of hydrogen-bond donors (Lipinski definition) is 3. The summed E-state index contributed by atoms with van der Waals surface area (Å²) in [5, 5.41) is 6.57. The van der Waals surface area contributed by atoms with E-state index in [0.29, 0.717) is 30.2 Å². The second-order valence-electron chi connectivity index (χ2n) is 5.87. The first kappa shape index (κ1) is 17.2. The van der Waals surface area contributed by atoms with E-state index >= 15 is 0 Å². The molecule has 8 nitrogen and oxygen atoms in total. The molecular formula is C16H22FN7O. The molecule has 1 unspecified atom stereocenters. The second-order valence-corrected chi connectivity index (χ2v) is 5.87. The largest absolute Gasteiger partial charge is 0.494 e. The predicted octanol–water partition coefficient (Wildman–Crippen LogP) is 1.53. The lowest BCUT2D eigenvalue weighted by Crippen LogP contribution is -2.30. The molecule has 1 fully saturated rings. The summed E-state index contributed by atoms with van der Waals surface area (Å²) in [4.78, 5) is 14.3. The average Bonchev–Trinajstić information content (AvgIpc) is 3.12. The Morgan fingerprint density at radius 1 is 1.40 bits per heavy atom.